The zero-order valence-corrected chi connectivity index (χ0v) is 32.7. The summed E-state index contributed by atoms with van der Waals surface area (Å²) in [6, 6.07) is 34.3. The van der Waals surface area contributed by atoms with Gasteiger partial charge in [-0.3, -0.25) is 24.1 Å². The summed E-state index contributed by atoms with van der Waals surface area (Å²) in [6.45, 7) is 5.40. The first-order valence-electron chi connectivity index (χ1n) is 20.3. The minimum absolute atomic E-state index is 0.0261. The Hall–Kier alpha value is -5.68. The fraction of sp³-hybridized carbons (Fsp3) is 0.391. The van der Waals surface area contributed by atoms with Crippen LogP contribution in [-0.2, 0) is 44.9 Å². The second-order valence-corrected chi connectivity index (χ2v) is 15.5. The highest BCUT2D eigenvalue weighted by Gasteiger charge is 2.44. The summed E-state index contributed by atoms with van der Waals surface area (Å²) in [5.74, 6) is -1.13. The molecule has 2 N–H and O–H groups in total. The molecule has 0 aliphatic carbocycles. The number of likely N-dealkylation sites (tertiary alicyclic amines) is 1. The van der Waals surface area contributed by atoms with E-state index in [2.05, 4.69) is 34.5 Å². The van der Waals surface area contributed by atoms with Crippen LogP contribution >= 0.6 is 0 Å². The van der Waals surface area contributed by atoms with Gasteiger partial charge in [-0.25, -0.2) is 0 Å². The number of amides is 4. The standard InChI is InChI=1S/C46H53N5O6/c1-2-57-42-21-17-33(18-22-42)23-25-49-40(28-35-12-7-4-8-13-35)32-51(46(56)45(49)55)39(27-34-10-5-3-6-11-34)30-48-24-9-14-37(48)31-50-38(29-47-43(53)44(50)54)26-36-15-19-41(52)20-16-36/h3-8,10-13,15-22,37-40,52H,2,9,14,23-32H2,1H3,(H,47,53)/t37-,38+,39+,40+/m1/s1. The molecule has 57 heavy (non-hydrogen) atoms. The third-order valence-electron chi connectivity index (χ3n) is 11.7. The number of ether oxygens (including phenoxy) is 1. The van der Waals surface area contributed by atoms with Crippen molar-refractivity contribution in [3.05, 3.63) is 131 Å². The molecule has 0 spiro atoms. The van der Waals surface area contributed by atoms with Gasteiger partial charge in [0.1, 0.15) is 11.5 Å². The van der Waals surface area contributed by atoms with Gasteiger partial charge in [0, 0.05) is 44.8 Å². The Balaban J connectivity index is 1.12. The zero-order chi connectivity index (χ0) is 39.7. The normalized spacial score (nSPS) is 20.9. The van der Waals surface area contributed by atoms with E-state index in [1.807, 2.05) is 84.6 Å². The minimum Gasteiger partial charge on any atom is -0.508 e. The van der Waals surface area contributed by atoms with Crippen LogP contribution in [-0.4, -0.2) is 118 Å². The number of aromatic hydroxyl groups is 1. The molecular formula is C46H53N5O6. The monoisotopic (exact) mass is 771 g/mol. The molecule has 4 aromatic rings. The number of nitrogens with one attached hydrogen (secondary N) is 1. The number of benzene rings is 4. The van der Waals surface area contributed by atoms with Gasteiger partial charge in [0.05, 0.1) is 18.7 Å². The van der Waals surface area contributed by atoms with E-state index in [9.17, 15) is 24.3 Å². The number of hydrogen-bond donors (Lipinski definition) is 2. The number of phenols is 1. The maximum Gasteiger partial charge on any atom is 0.312 e. The molecule has 3 heterocycles. The van der Waals surface area contributed by atoms with Crippen molar-refractivity contribution < 1.29 is 29.0 Å². The molecule has 3 fully saturated rings. The van der Waals surface area contributed by atoms with Crippen molar-refractivity contribution in [1.29, 1.82) is 0 Å². The Bertz CT molecular complexity index is 1980. The molecule has 7 rings (SSSR count). The number of hydrogen-bond acceptors (Lipinski definition) is 7. The molecule has 0 unspecified atom stereocenters. The van der Waals surface area contributed by atoms with Gasteiger partial charge in [-0.2, -0.15) is 0 Å². The summed E-state index contributed by atoms with van der Waals surface area (Å²) in [5, 5.41) is 12.6. The van der Waals surface area contributed by atoms with Gasteiger partial charge in [0.15, 0.2) is 0 Å². The molecule has 0 saturated carbocycles. The molecule has 3 aliphatic heterocycles. The molecule has 3 aliphatic rings. The van der Waals surface area contributed by atoms with Gasteiger partial charge < -0.3 is 29.9 Å². The molecule has 11 heteroatoms. The van der Waals surface area contributed by atoms with Gasteiger partial charge in [-0.1, -0.05) is 84.9 Å². The summed E-state index contributed by atoms with van der Waals surface area (Å²) >= 11 is 0. The van der Waals surface area contributed by atoms with E-state index >= 15 is 0 Å². The van der Waals surface area contributed by atoms with Crippen LogP contribution in [0.5, 0.6) is 11.5 Å². The number of carbonyl (C=O) groups is 4. The second kappa shape index (κ2) is 18.5. The second-order valence-electron chi connectivity index (χ2n) is 15.5. The van der Waals surface area contributed by atoms with Crippen LogP contribution in [0.3, 0.4) is 0 Å². The summed E-state index contributed by atoms with van der Waals surface area (Å²) in [7, 11) is 0. The van der Waals surface area contributed by atoms with Crippen LogP contribution in [0.2, 0.25) is 0 Å². The largest absolute Gasteiger partial charge is 0.508 e. The fourth-order valence-electron chi connectivity index (χ4n) is 8.66. The SMILES string of the molecule is CCOc1ccc(CCN2C(=O)C(=O)N([C@@H](Cc3ccccc3)CN3CCC[C@@H]3CN3C(=O)C(=O)NC[C@@H]3Cc3ccc(O)cc3)C[C@@H]2Cc2ccccc2)cc1. The van der Waals surface area contributed by atoms with Crippen molar-refractivity contribution in [3.8, 4) is 11.5 Å². The van der Waals surface area contributed by atoms with Crippen molar-refractivity contribution in [2.45, 2.75) is 69.6 Å². The summed E-state index contributed by atoms with van der Waals surface area (Å²) in [5.41, 5.74) is 4.21. The van der Waals surface area contributed by atoms with Crippen molar-refractivity contribution in [1.82, 2.24) is 24.9 Å². The van der Waals surface area contributed by atoms with Gasteiger partial charge >= 0.3 is 23.6 Å². The van der Waals surface area contributed by atoms with Crippen molar-refractivity contribution in [2.24, 2.45) is 0 Å². The molecule has 11 nitrogen and oxygen atoms in total. The third kappa shape index (κ3) is 9.83. The molecule has 4 aromatic carbocycles. The minimum atomic E-state index is -0.600. The smallest absolute Gasteiger partial charge is 0.312 e. The molecule has 0 bridgehead atoms. The Morgan fingerprint density at radius 2 is 1.37 bits per heavy atom. The average molecular weight is 772 g/mol. The number of phenolic OH excluding ortho intramolecular Hbond substituents is 1. The molecule has 298 valence electrons. The van der Waals surface area contributed by atoms with Crippen LogP contribution < -0.4 is 10.1 Å². The maximum atomic E-state index is 14.4. The number of nitrogens with zero attached hydrogens (tertiary/aromatic N) is 4. The summed E-state index contributed by atoms with van der Waals surface area (Å²) in [6.07, 6.45) is 4.10. The highest BCUT2D eigenvalue weighted by atomic mass is 16.5. The van der Waals surface area contributed by atoms with E-state index in [0.717, 1.165) is 47.4 Å². The molecule has 4 amide bonds. The van der Waals surface area contributed by atoms with Gasteiger partial charge in [0.25, 0.3) is 0 Å². The van der Waals surface area contributed by atoms with E-state index in [1.54, 1.807) is 21.9 Å². The van der Waals surface area contributed by atoms with E-state index in [-0.39, 0.29) is 29.9 Å². The number of piperazine rings is 2. The molecular weight excluding hydrogens is 719 g/mol. The molecule has 0 radical (unpaired) electrons. The fourth-order valence-corrected chi connectivity index (χ4v) is 8.66. The van der Waals surface area contributed by atoms with Crippen LogP contribution in [0.15, 0.2) is 109 Å². The number of rotatable bonds is 16. The summed E-state index contributed by atoms with van der Waals surface area (Å²) < 4.78 is 5.62. The van der Waals surface area contributed by atoms with E-state index in [1.165, 1.54) is 0 Å². The van der Waals surface area contributed by atoms with Crippen molar-refractivity contribution >= 4 is 23.6 Å². The lowest BCUT2D eigenvalue weighted by molar-refractivity contribution is -0.161. The lowest BCUT2D eigenvalue weighted by Crippen LogP contribution is -2.65. The Labute approximate surface area is 335 Å². The van der Waals surface area contributed by atoms with Gasteiger partial charge in [-0.05, 0) is 98.5 Å². The van der Waals surface area contributed by atoms with E-state index < -0.39 is 23.6 Å². The van der Waals surface area contributed by atoms with Crippen LogP contribution in [0.4, 0.5) is 0 Å². The van der Waals surface area contributed by atoms with Gasteiger partial charge in [0.2, 0.25) is 0 Å². The van der Waals surface area contributed by atoms with Crippen LogP contribution in [0.25, 0.3) is 0 Å². The lowest BCUT2D eigenvalue weighted by atomic mass is 9.97. The first kappa shape index (κ1) is 39.6. The van der Waals surface area contributed by atoms with Crippen LogP contribution in [0.1, 0.15) is 42.0 Å². The predicted molar refractivity (Wildman–Crippen MR) is 218 cm³/mol. The Morgan fingerprint density at radius 3 is 2.07 bits per heavy atom. The van der Waals surface area contributed by atoms with E-state index in [4.69, 9.17) is 4.74 Å². The zero-order valence-electron chi connectivity index (χ0n) is 32.7. The highest BCUT2D eigenvalue weighted by molar-refractivity contribution is 6.36. The average Bonchev–Trinajstić information content (AvgIpc) is 3.67. The maximum absolute atomic E-state index is 14.4. The van der Waals surface area contributed by atoms with Crippen molar-refractivity contribution in [2.75, 3.05) is 45.9 Å². The third-order valence-corrected chi connectivity index (χ3v) is 11.7. The Kier molecular flexibility index (Phi) is 12.8. The molecule has 0 aromatic heterocycles. The number of carbonyl (C=O) groups excluding carboxylic acids is 4. The van der Waals surface area contributed by atoms with Crippen molar-refractivity contribution in [3.63, 3.8) is 0 Å². The molecule has 3 saturated heterocycles. The lowest BCUT2D eigenvalue weighted by Gasteiger charge is -2.45. The first-order valence-corrected chi connectivity index (χ1v) is 20.3. The highest BCUT2D eigenvalue weighted by Crippen LogP contribution is 2.27. The first-order chi connectivity index (χ1) is 27.7. The van der Waals surface area contributed by atoms with E-state index in [0.29, 0.717) is 65.0 Å². The van der Waals surface area contributed by atoms with Gasteiger partial charge in [-0.15, -0.1) is 0 Å². The summed E-state index contributed by atoms with van der Waals surface area (Å²) in [4.78, 5) is 62.4. The predicted octanol–water partition coefficient (Wildman–Crippen LogP) is 4.26. The topological polar surface area (TPSA) is 123 Å². The Morgan fingerprint density at radius 1 is 0.719 bits per heavy atom. The quantitative estimate of drug-likeness (QED) is 0.163. The van der Waals surface area contributed by atoms with Crippen LogP contribution in [0, 0.1) is 0 Å². The molecule has 4 atom stereocenters.